The minimum absolute atomic E-state index is 0.0392. The first-order chi connectivity index (χ1) is 10.9. The van der Waals surface area contributed by atoms with E-state index in [1.165, 1.54) is 30.5 Å². The van der Waals surface area contributed by atoms with E-state index in [0.29, 0.717) is 10.0 Å². The summed E-state index contributed by atoms with van der Waals surface area (Å²) in [6.07, 6.45) is 1.40. The number of nitrogens with one attached hydrogen (secondary N) is 3. The Kier molecular flexibility index (Phi) is 5.64. The van der Waals surface area contributed by atoms with Gasteiger partial charge in [0, 0.05) is 10.7 Å². The standard InChI is InChI=1S/C15H13BrFN3O3/c16-10-6-12(15(23)19-7-10)20-14(22)8-18-13(21)5-9-2-1-3-11(17)4-9/h1-4,6-7H,5,8H2,(H,18,21)(H,19,23)(H,20,22). The third-order valence-electron chi connectivity index (χ3n) is 2.84. The van der Waals surface area contributed by atoms with E-state index < -0.39 is 23.2 Å². The Hall–Kier alpha value is -2.48. The monoisotopic (exact) mass is 381 g/mol. The number of carbonyl (C=O) groups is 2. The Labute approximate surface area is 139 Å². The smallest absolute Gasteiger partial charge is 0.271 e. The van der Waals surface area contributed by atoms with Crippen molar-refractivity contribution in [1.29, 1.82) is 0 Å². The lowest BCUT2D eigenvalue weighted by Crippen LogP contribution is -2.34. The van der Waals surface area contributed by atoms with Crippen molar-refractivity contribution < 1.29 is 14.0 Å². The largest absolute Gasteiger partial charge is 0.347 e. The number of aromatic nitrogens is 1. The van der Waals surface area contributed by atoms with Crippen molar-refractivity contribution in [3.8, 4) is 0 Å². The van der Waals surface area contributed by atoms with Crippen LogP contribution < -0.4 is 16.2 Å². The lowest BCUT2D eigenvalue weighted by molar-refractivity contribution is -0.123. The molecule has 0 saturated carbocycles. The maximum absolute atomic E-state index is 13.0. The number of amides is 2. The minimum atomic E-state index is -0.541. The van der Waals surface area contributed by atoms with Crippen LogP contribution in [0.15, 0.2) is 45.8 Å². The zero-order valence-corrected chi connectivity index (χ0v) is 13.4. The summed E-state index contributed by atoms with van der Waals surface area (Å²) in [5.41, 5.74) is 0.128. The third-order valence-corrected chi connectivity index (χ3v) is 3.30. The molecular weight excluding hydrogens is 369 g/mol. The van der Waals surface area contributed by atoms with Gasteiger partial charge >= 0.3 is 0 Å². The SMILES string of the molecule is O=C(Cc1cccc(F)c1)NCC(=O)Nc1cc(Br)c[nH]c1=O. The van der Waals surface area contributed by atoms with E-state index in [9.17, 15) is 18.8 Å². The zero-order chi connectivity index (χ0) is 16.8. The number of anilines is 1. The van der Waals surface area contributed by atoms with Crippen LogP contribution in [-0.2, 0) is 16.0 Å². The van der Waals surface area contributed by atoms with Gasteiger partial charge in [0.15, 0.2) is 0 Å². The molecule has 2 amide bonds. The molecular formula is C15H13BrFN3O3. The second-order valence-electron chi connectivity index (χ2n) is 4.69. The van der Waals surface area contributed by atoms with Crippen LogP contribution in [0, 0.1) is 5.82 Å². The van der Waals surface area contributed by atoms with E-state index in [0.717, 1.165) is 0 Å². The van der Waals surface area contributed by atoms with Gasteiger partial charge in [-0.05, 0) is 39.7 Å². The van der Waals surface area contributed by atoms with Crippen LogP contribution in [0.5, 0.6) is 0 Å². The van der Waals surface area contributed by atoms with E-state index in [-0.39, 0.29) is 18.7 Å². The highest BCUT2D eigenvalue weighted by molar-refractivity contribution is 9.10. The average molecular weight is 382 g/mol. The molecule has 6 nitrogen and oxygen atoms in total. The van der Waals surface area contributed by atoms with Crippen molar-refractivity contribution in [2.24, 2.45) is 0 Å². The minimum Gasteiger partial charge on any atom is -0.347 e. The van der Waals surface area contributed by atoms with E-state index in [4.69, 9.17) is 0 Å². The molecule has 2 rings (SSSR count). The summed E-state index contributed by atoms with van der Waals surface area (Å²) >= 11 is 3.17. The maximum Gasteiger partial charge on any atom is 0.271 e. The number of carbonyl (C=O) groups excluding carboxylic acids is 2. The fourth-order valence-corrected chi connectivity index (χ4v) is 2.16. The van der Waals surface area contributed by atoms with Gasteiger partial charge in [0.05, 0.1) is 13.0 Å². The lowest BCUT2D eigenvalue weighted by atomic mass is 10.1. The molecule has 3 N–H and O–H groups in total. The second-order valence-corrected chi connectivity index (χ2v) is 5.61. The van der Waals surface area contributed by atoms with Gasteiger partial charge < -0.3 is 15.6 Å². The molecule has 2 aromatic rings. The van der Waals surface area contributed by atoms with Crippen molar-refractivity contribution in [3.63, 3.8) is 0 Å². The predicted octanol–water partition coefficient (Wildman–Crippen LogP) is 1.57. The van der Waals surface area contributed by atoms with Gasteiger partial charge in [-0.25, -0.2) is 4.39 Å². The number of hydrogen-bond acceptors (Lipinski definition) is 3. The quantitative estimate of drug-likeness (QED) is 0.733. The molecule has 0 aliphatic carbocycles. The average Bonchev–Trinajstić information content (AvgIpc) is 2.49. The molecule has 120 valence electrons. The fourth-order valence-electron chi connectivity index (χ4n) is 1.82. The Morgan fingerprint density at radius 2 is 2.00 bits per heavy atom. The molecule has 0 unspecified atom stereocenters. The normalized spacial score (nSPS) is 10.2. The third kappa shape index (κ3) is 5.33. The first kappa shape index (κ1) is 16.9. The molecule has 1 heterocycles. The summed E-state index contributed by atoms with van der Waals surface area (Å²) in [5, 5.41) is 4.80. The summed E-state index contributed by atoms with van der Waals surface area (Å²) in [6, 6.07) is 7.10. The van der Waals surface area contributed by atoms with Crippen molar-refractivity contribution in [2.75, 3.05) is 11.9 Å². The van der Waals surface area contributed by atoms with Crippen LogP contribution in [0.4, 0.5) is 10.1 Å². The lowest BCUT2D eigenvalue weighted by Gasteiger charge is -2.07. The number of H-pyrrole nitrogens is 1. The fraction of sp³-hybridized carbons (Fsp3) is 0.133. The van der Waals surface area contributed by atoms with Crippen molar-refractivity contribution in [1.82, 2.24) is 10.3 Å². The molecule has 0 aliphatic rings. The number of halogens is 2. The van der Waals surface area contributed by atoms with Gasteiger partial charge in [0.1, 0.15) is 11.5 Å². The Morgan fingerprint density at radius 3 is 2.74 bits per heavy atom. The number of hydrogen-bond donors (Lipinski definition) is 3. The van der Waals surface area contributed by atoms with Gasteiger partial charge in [-0.1, -0.05) is 12.1 Å². The summed E-state index contributed by atoms with van der Waals surface area (Å²) in [4.78, 5) is 37.4. The van der Waals surface area contributed by atoms with Crippen LogP contribution in [-0.4, -0.2) is 23.3 Å². The molecule has 23 heavy (non-hydrogen) atoms. The van der Waals surface area contributed by atoms with Gasteiger partial charge in [0.25, 0.3) is 5.56 Å². The van der Waals surface area contributed by atoms with E-state index in [1.54, 1.807) is 6.07 Å². The molecule has 0 atom stereocenters. The van der Waals surface area contributed by atoms with Crippen molar-refractivity contribution in [2.45, 2.75) is 6.42 Å². The van der Waals surface area contributed by atoms with Crippen LogP contribution in [0.1, 0.15) is 5.56 Å². The number of pyridine rings is 1. The zero-order valence-electron chi connectivity index (χ0n) is 11.9. The van der Waals surface area contributed by atoms with Gasteiger partial charge in [-0.15, -0.1) is 0 Å². The Balaban J connectivity index is 1.85. The highest BCUT2D eigenvalue weighted by Gasteiger charge is 2.09. The number of rotatable bonds is 5. The molecule has 0 radical (unpaired) electrons. The Bertz CT molecular complexity index is 792. The predicted molar refractivity (Wildman–Crippen MR) is 86.5 cm³/mol. The summed E-state index contributed by atoms with van der Waals surface area (Å²) in [6.45, 7) is -0.292. The molecule has 0 saturated heterocycles. The summed E-state index contributed by atoms with van der Waals surface area (Å²) in [7, 11) is 0. The molecule has 1 aromatic carbocycles. The van der Waals surface area contributed by atoms with Crippen LogP contribution >= 0.6 is 15.9 Å². The highest BCUT2D eigenvalue weighted by atomic mass is 79.9. The highest BCUT2D eigenvalue weighted by Crippen LogP contribution is 2.09. The van der Waals surface area contributed by atoms with Crippen molar-refractivity contribution in [3.05, 3.63) is 62.7 Å². The first-order valence-electron chi connectivity index (χ1n) is 6.63. The second kappa shape index (κ2) is 7.68. The Morgan fingerprint density at radius 1 is 1.22 bits per heavy atom. The van der Waals surface area contributed by atoms with Crippen LogP contribution in [0.2, 0.25) is 0 Å². The molecule has 0 fully saturated rings. The van der Waals surface area contributed by atoms with Crippen LogP contribution in [0.25, 0.3) is 0 Å². The molecule has 8 heteroatoms. The van der Waals surface area contributed by atoms with E-state index in [2.05, 4.69) is 31.5 Å². The van der Waals surface area contributed by atoms with E-state index >= 15 is 0 Å². The topological polar surface area (TPSA) is 91.1 Å². The molecule has 1 aromatic heterocycles. The first-order valence-corrected chi connectivity index (χ1v) is 7.42. The molecule has 0 spiro atoms. The van der Waals surface area contributed by atoms with Crippen LogP contribution in [0.3, 0.4) is 0 Å². The summed E-state index contributed by atoms with van der Waals surface area (Å²) in [5.74, 6) is -1.39. The summed E-state index contributed by atoms with van der Waals surface area (Å²) < 4.78 is 13.6. The number of aromatic amines is 1. The van der Waals surface area contributed by atoms with Gasteiger partial charge in [-0.2, -0.15) is 0 Å². The molecule has 0 aliphatic heterocycles. The van der Waals surface area contributed by atoms with E-state index in [1.807, 2.05) is 0 Å². The number of benzene rings is 1. The van der Waals surface area contributed by atoms with Crippen molar-refractivity contribution >= 4 is 33.4 Å². The van der Waals surface area contributed by atoms with Gasteiger partial charge in [-0.3, -0.25) is 14.4 Å². The maximum atomic E-state index is 13.0. The van der Waals surface area contributed by atoms with Gasteiger partial charge in [0.2, 0.25) is 11.8 Å². The molecule has 0 bridgehead atoms.